The smallest absolute Gasteiger partial charge is 0.0159 e. The number of hydrogen-bond acceptors (Lipinski definition) is 0. The van der Waals surface area contributed by atoms with Gasteiger partial charge in [-0.2, -0.15) is 0 Å². The van der Waals surface area contributed by atoms with Crippen molar-refractivity contribution in [3.63, 3.8) is 0 Å². The standard InChI is InChI=1S/C55H38/c1-55(2)52-24-14-13-23-44(52)45-27-26-38(34-53(45)55)40-30-47(35-15-5-3-6-16-35)51-33-41(32-48(50(51)31-40)36-17-7-4-8-18-36)49-29-39-20-10-12-22-43(39)54-42-21-11-9-19-37(42)25-28-46(49)54/h3-34H,1-2H3. The van der Waals surface area contributed by atoms with Gasteiger partial charge in [0, 0.05) is 5.41 Å². The monoisotopic (exact) mass is 698 g/mol. The van der Waals surface area contributed by atoms with Gasteiger partial charge in [-0.3, -0.25) is 0 Å². The van der Waals surface area contributed by atoms with Gasteiger partial charge in [-0.25, -0.2) is 0 Å². The molecule has 0 N–H and O–H groups in total. The molecule has 0 nitrogen and oxygen atoms in total. The van der Waals surface area contributed by atoms with Crippen molar-refractivity contribution in [1.29, 1.82) is 0 Å². The average molecular weight is 699 g/mol. The van der Waals surface area contributed by atoms with Crippen molar-refractivity contribution in [2.75, 3.05) is 0 Å². The molecule has 0 fully saturated rings. The Morgan fingerprint density at radius 3 is 1.55 bits per heavy atom. The highest BCUT2D eigenvalue weighted by Crippen LogP contribution is 2.50. The van der Waals surface area contributed by atoms with Gasteiger partial charge in [0.25, 0.3) is 0 Å². The van der Waals surface area contributed by atoms with Crippen LogP contribution in [0.3, 0.4) is 0 Å². The zero-order valence-electron chi connectivity index (χ0n) is 31.0. The molecular formula is C55H38. The molecule has 55 heavy (non-hydrogen) atoms. The van der Waals surface area contributed by atoms with Gasteiger partial charge in [0.15, 0.2) is 0 Å². The largest absolute Gasteiger partial charge is 0.0622 e. The minimum atomic E-state index is -0.0703. The third kappa shape index (κ3) is 4.92. The SMILES string of the molecule is CC1(C)c2ccccc2-c2ccc(-c3cc(-c4ccccc4)c4cc(-c5cc6ccccc6c6c5ccc5ccccc56)cc(-c5ccccc5)c4c3)cc21. The second kappa shape index (κ2) is 12.1. The maximum atomic E-state index is 2.45. The summed E-state index contributed by atoms with van der Waals surface area (Å²) in [6.45, 7) is 4.73. The van der Waals surface area contributed by atoms with Gasteiger partial charge in [0.05, 0.1) is 0 Å². The van der Waals surface area contributed by atoms with E-state index in [0.29, 0.717) is 0 Å². The van der Waals surface area contributed by atoms with Crippen LogP contribution in [0.2, 0.25) is 0 Å². The lowest BCUT2D eigenvalue weighted by atomic mass is 9.81. The van der Waals surface area contributed by atoms with E-state index < -0.39 is 0 Å². The lowest BCUT2D eigenvalue weighted by molar-refractivity contribution is 0.660. The van der Waals surface area contributed by atoms with Crippen molar-refractivity contribution in [2.24, 2.45) is 0 Å². The van der Waals surface area contributed by atoms with Crippen LogP contribution in [0.4, 0.5) is 0 Å². The van der Waals surface area contributed by atoms with Gasteiger partial charge < -0.3 is 0 Å². The van der Waals surface area contributed by atoms with Crippen LogP contribution in [-0.4, -0.2) is 0 Å². The van der Waals surface area contributed by atoms with Crippen molar-refractivity contribution in [1.82, 2.24) is 0 Å². The molecule has 0 amide bonds. The van der Waals surface area contributed by atoms with E-state index >= 15 is 0 Å². The Morgan fingerprint density at radius 2 is 0.818 bits per heavy atom. The highest BCUT2D eigenvalue weighted by atomic mass is 14.4. The molecule has 258 valence electrons. The maximum Gasteiger partial charge on any atom is 0.0159 e. The van der Waals surface area contributed by atoms with E-state index in [0.717, 1.165) is 0 Å². The van der Waals surface area contributed by atoms with Gasteiger partial charge in [0.1, 0.15) is 0 Å². The summed E-state index contributed by atoms with van der Waals surface area (Å²) in [6.07, 6.45) is 0. The number of rotatable bonds is 4. The van der Waals surface area contributed by atoms with Gasteiger partial charge in [-0.05, 0) is 146 Å². The molecule has 0 aliphatic heterocycles. The molecule has 0 atom stereocenters. The summed E-state index contributed by atoms with van der Waals surface area (Å²) in [5, 5.41) is 10.2. The van der Waals surface area contributed by atoms with Crippen LogP contribution < -0.4 is 0 Å². The van der Waals surface area contributed by atoms with Gasteiger partial charge in [-0.1, -0.05) is 172 Å². The van der Waals surface area contributed by atoms with E-state index in [4.69, 9.17) is 0 Å². The number of fused-ring (bicyclic) bond motifs is 9. The van der Waals surface area contributed by atoms with E-state index in [1.165, 1.54) is 110 Å². The van der Waals surface area contributed by atoms with Crippen LogP contribution in [0.5, 0.6) is 0 Å². The van der Waals surface area contributed by atoms with Crippen molar-refractivity contribution >= 4 is 43.1 Å². The molecule has 11 rings (SSSR count). The molecule has 0 aromatic heterocycles. The molecule has 0 unspecified atom stereocenters. The number of hydrogen-bond donors (Lipinski definition) is 0. The van der Waals surface area contributed by atoms with E-state index in [1.54, 1.807) is 0 Å². The van der Waals surface area contributed by atoms with E-state index in [9.17, 15) is 0 Å². The van der Waals surface area contributed by atoms with Gasteiger partial charge >= 0.3 is 0 Å². The highest BCUT2D eigenvalue weighted by Gasteiger charge is 2.35. The highest BCUT2D eigenvalue weighted by molar-refractivity contribution is 6.24. The van der Waals surface area contributed by atoms with Gasteiger partial charge in [-0.15, -0.1) is 0 Å². The fourth-order valence-corrected chi connectivity index (χ4v) is 9.49. The van der Waals surface area contributed by atoms with Crippen LogP contribution >= 0.6 is 0 Å². The summed E-state index contributed by atoms with van der Waals surface area (Å²) in [4.78, 5) is 0. The lowest BCUT2D eigenvalue weighted by Gasteiger charge is -2.22. The summed E-state index contributed by atoms with van der Waals surface area (Å²) in [5.74, 6) is 0. The van der Waals surface area contributed by atoms with E-state index in [1.807, 2.05) is 0 Å². The van der Waals surface area contributed by atoms with Crippen LogP contribution in [0.15, 0.2) is 194 Å². The molecule has 0 radical (unpaired) electrons. The normalized spacial score (nSPS) is 13.1. The molecule has 0 bridgehead atoms. The Kier molecular flexibility index (Phi) is 7.00. The molecule has 0 saturated carbocycles. The molecule has 0 heteroatoms. The molecule has 1 aliphatic rings. The first kappa shape index (κ1) is 31.7. The zero-order valence-corrected chi connectivity index (χ0v) is 31.0. The zero-order chi connectivity index (χ0) is 36.7. The fraction of sp³-hybridized carbons (Fsp3) is 0.0545. The average Bonchev–Trinajstić information content (AvgIpc) is 3.48. The van der Waals surface area contributed by atoms with Crippen molar-refractivity contribution in [2.45, 2.75) is 19.3 Å². The Morgan fingerprint density at radius 1 is 0.273 bits per heavy atom. The first-order chi connectivity index (χ1) is 27.0. The first-order valence-corrected chi connectivity index (χ1v) is 19.3. The molecule has 0 saturated heterocycles. The summed E-state index contributed by atoms with van der Waals surface area (Å²) in [5.41, 5.74) is 15.3. The lowest BCUT2D eigenvalue weighted by Crippen LogP contribution is -2.14. The summed E-state index contributed by atoms with van der Waals surface area (Å²) in [7, 11) is 0. The predicted molar refractivity (Wildman–Crippen MR) is 236 cm³/mol. The second-order valence-electron chi connectivity index (χ2n) is 15.7. The molecule has 10 aromatic carbocycles. The maximum absolute atomic E-state index is 2.45. The van der Waals surface area contributed by atoms with Crippen LogP contribution in [0.25, 0.3) is 98.7 Å². The molecule has 10 aromatic rings. The summed E-state index contributed by atoms with van der Waals surface area (Å²) in [6, 6.07) is 72.4. The summed E-state index contributed by atoms with van der Waals surface area (Å²) < 4.78 is 0. The topological polar surface area (TPSA) is 0 Å². The second-order valence-corrected chi connectivity index (χ2v) is 15.7. The Balaban J connectivity index is 1.22. The third-order valence-electron chi connectivity index (χ3n) is 12.2. The Hall–Kier alpha value is -6.76. The van der Waals surface area contributed by atoms with E-state index in [2.05, 4.69) is 208 Å². The molecule has 1 aliphatic carbocycles. The fourth-order valence-electron chi connectivity index (χ4n) is 9.49. The van der Waals surface area contributed by atoms with Crippen molar-refractivity contribution in [3.05, 3.63) is 205 Å². The predicted octanol–water partition coefficient (Wildman–Crippen LogP) is 15.3. The minimum Gasteiger partial charge on any atom is -0.0622 e. The minimum absolute atomic E-state index is 0.0703. The van der Waals surface area contributed by atoms with E-state index in [-0.39, 0.29) is 5.41 Å². The van der Waals surface area contributed by atoms with Crippen LogP contribution in [-0.2, 0) is 5.41 Å². The van der Waals surface area contributed by atoms with Crippen LogP contribution in [0, 0.1) is 0 Å². The number of benzene rings is 10. The van der Waals surface area contributed by atoms with Crippen LogP contribution in [0.1, 0.15) is 25.0 Å². The van der Waals surface area contributed by atoms with Crippen molar-refractivity contribution in [3.8, 4) is 55.6 Å². The molecular weight excluding hydrogens is 661 g/mol. The molecule has 0 heterocycles. The summed E-state index contributed by atoms with van der Waals surface area (Å²) >= 11 is 0. The quantitative estimate of drug-likeness (QED) is 0.161. The third-order valence-corrected chi connectivity index (χ3v) is 12.2. The van der Waals surface area contributed by atoms with Gasteiger partial charge in [0.2, 0.25) is 0 Å². The first-order valence-electron chi connectivity index (χ1n) is 19.3. The molecule has 0 spiro atoms. The Bertz CT molecular complexity index is 3130. The Labute approximate surface area is 322 Å². The van der Waals surface area contributed by atoms with Crippen molar-refractivity contribution < 1.29 is 0 Å².